The zero-order chi connectivity index (χ0) is 12.1. The third kappa shape index (κ3) is 3.21. The van der Waals surface area contributed by atoms with Crippen molar-refractivity contribution in [3.8, 4) is 0 Å². The summed E-state index contributed by atoms with van der Waals surface area (Å²) in [7, 11) is 0. The van der Waals surface area contributed by atoms with E-state index in [0.29, 0.717) is 12.0 Å². The summed E-state index contributed by atoms with van der Waals surface area (Å²) in [6, 6.07) is 5.74. The van der Waals surface area contributed by atoms with Crippen LogP contribution in [0.1, 0.15) is 27.9 Å². The lowest BCUT2D eigenvalue weighted by Gasteiger charge is -2.02. The normalized spacial score (nSPS) is 10.2. The maximum Gasteiger partial charge on any atom is 0.164 e. The minimum atomic E-state index is 0.137. The van der Waals surface area contributed by atoms with Gasteiger partial charge in [-0.15, -0.1) is 0 Å². The molecule has 0 aliphatic rings. The predicted molar refractivity (Wildman–Crippen MR) is 65.9 cm³/mol. The first-order valence-electron chi connectivity index (χ1n) is 5.59. The molecule has 0 saturated heterocycles. The maximum atomic E-state index is 11.9. The Hall–Kier alpha value is -2.03. The summed E-state index contributed by atoms with van der Waals surface area (Å²) in [5, 5.41) is 0. The summed E-state index contributed by atoms with van der Waals surface area (Å²) in [4.78, 5) is 19.9. The lowest BCUT2D eigenvalue weighted by molar-refractivity contribution is 0.0982. The summed E-state index contributed by atoms with van der Waals surface area (Å²) >= 11 is 0. The second-order valence-corrected chi connectivity index (χ2v) is 4.03. The van der Waals surface area contributed by atoms with Crippen LogP contribution in [0.25, 0.3) is 0 Å². The van der Waals surface area contributed by atoms with Crippen LogP contribution in [0.5, 0.6) is 0 Å². The van der Waals surface area contributed by atoms with Gasteiger partial charge in [0.25, 0.3) is 0 Å². The van der Waals surface area contributed by atoms with Gasteiger partial charge in [-0.1, -0.05) is 0 Å². The first kappa shape index (κ1) is 11.5. The van der Waals surface area contributed by atoms with Crippen molar-refractivity contribution in [2.75, 3.05) is 0 Å². The number of hydrogen-bond donors (Lipinski definition) is 0. The summed E-state index contributed by atoms with van der Waals surface area (Å²) in [6.45, 7) is 1.94. The molecule has 2 aromatic heterocycles. The zero-order valence-corrected chi connectivity index (χ0v) is 9.76. The van der Waals surface area contributed by atoms with Crippen molar-refractivity contribution in [1.82, 2.24) is 9.97 Å². The predicted octanol–water partition coefficient (Wildman–Crippen LogP) is 2.60. The van der Waals surface area contributed by atoms with Gasteiger partial charge in [-0.2, -0.15) is 0 Å². The molecular weight excluding hydrogens is 212 g/mol. The van der Waals surface area contributed by atoms with E-state index >= 15 is 0 Å². The first-order chi connectivity index (χ1) is 8.25. The van der Waals surface area contributed by atoms with Crippen molar-refractivity contribution in [1.29, 1.82) is 0 Å². The molecule has 0 radical (unpaired) electrons. The standard InChI is InChI=1S/C14H14N2O/c1-11-8-13(10-16-9-11)14(17)3-2-12-4-6-15-7-5-12/h4-10H,2-3H2,1H3. The highest BCUT2D eigenvalue weighted by Crippen LogP contribution is 2.08. The van der Waals surface area contributed by atoms with Gasteiger partial charge < -0.3 is 0 Å². The maximum absolute atomic E-state index is 11.9. The van der Waals surface area contributed by atoms with Crippen molar-refractivity contribution >= 4 is 5.78 Å². The van der Waals surface area contributed by atoms with Crippen LogP contribution in [0.2, 0.25) is 0 Å². The molecule has 0 aliphatic carbocycles. The Morgan fingerprint density at radius 2 is 1.94 bits per heavy atom. The number of pyridine rings is 2. The highest BCUT2D eigenvalue weighted by Gasteiger charge is 2.06. The molecule has 0 saturated carbocycles. The monoisotopic (exact) mass is 226 g/mol. The van der Waals surface area contributed by atoms with Crippen molar-refractivity contribution in [3.05, 3.63) is 59.7 Å². The molecule has 0 aromatic carbocycles. The fraction of sp³-hybridized carbons (Fsp3) is 0.214. The number of rotatable bonds is 4. The molecule has 2 heterocycles. The second-order valence-electron chi connectivity index (χ2n) is 4.03. The number of Topliss-reactive ketones (excluding diaryl/α,β-unsaturated/α-hetero) is 1. The number of ketones is 1. The molecule has 3 nitrogen and oxygen atoms in total. The number of aryl methyl sites for hydroxylation is 2. The van der Waals surface area contributed by atoms with Gasteiger partial charge in [0, 0.05) is 36.8 Å². The minimum Gasteiger partial charge on any atom is -0.294 e. The topological polar surface area (TPSA) is 42.9 Å². The van der Waals surface area contributed by atoms with Gasteiger partial charge in [0.05, 0.1) is 0 Å². The molecule has 2 aromatic rings. The molecule has 86 valence electrons. The lowest BCUT2D eigenvalue weighted by Crippen LogP contribution is -2.02. The summed E-state index contributed by atoms with van der Waals surface area (Å²) < 4.78 is 0. The number of nitrogens with zero attached hydrogens (tertiary/aromatic N) is 2. The molecule has 0 atom stereocenters. The Bertz CT molecular complexity index is 509. The molecule has 0 bridgehead atoms. The van der Waals surface area contributed by atoms with E-state index in [1.807, 2.05) is 25.1 Å². The van der Waals surface area contributed by atoms with Crippen LogP contribution in [0.15, 0.2) is 43.0 Å². The van der Waals surface area contributed by atoms with Crippen LogP contribution in [0.4, 0.5) is 0 Å². The molecule has 0 aliphatic heterocycles. The second kappa shape index (κ2) is 5.34. The van der Waals surface area contributed by atoms with E-state index in [2.05, 4.69) is 9.97 Å². The Balaban J connectivity index is 1.98. The quantitative estimate of drug-likeness (QED) is 0.752. The van der Waals surface area contributed by atoms with Crippen molar-refractivity contribution in [3.63, 3.8) is 0 Å². The molecule has 3 heteroatoms. The van der Waals surface area contributed by atoms with E-state index in [4.69, 9.17) is 0 Å². The van der Waals surface area contributed by atoms with Crippen molar-refractivity contribution < 1.29 is 4.79 Å². The summed E-state index contributed by atoms with van der Waals surface area (Å²) in [5.74, 6) is 0.137. The number of carbonyl (C=O) groups excluding carboxylic acids is 1. The average Bonchev–Trinajstić information content (AvgIpc) is 2.37. The number of carbonyl (C=O) groups is 1. The van der Waals surface area contributed by atoms with E-state index < -0.39 is 0 Å². The minimum absolute atomic E-state index is 0.137. The van der Waals surface area contributed by atoms with Crippen LogP contribution in [-0.2, 0) is 6.42 Å². The molecule has 0 amide bonds. The largest absolute Gasteiger partial charge is 0.294 e. The third-order valence-electron chi connectivity index (χ3n) is 2.59. The Morgan fingerprint density at radius 3 is 2.65 bits per heavy atom. The third-order valence-corrected chi connectivity index (χ3v) is 2.59. The number of aromatic nitrogens is 2. The lowest BCUT2D eigenvalue weighted by atomic mass is 10.0. The van der Waals surface area contributed by atoms with Crippen LogP contribution < -0.4 is 0 Å². The smallest absolute Gasteiger partial charge is 0.164 e. The summed E-state index contributed by atoms with van der Waals surface area (Å²) in [6.07, 6.45) is 8.12. The van der Waals surface area contributed by atoms with Gasteiger partial charge >= 0.3 is 0 Å². The Labute approximate surface area is 101 Å². The molecule has 17 heavy (non-hydrogen) atoms. The molecule has 0 N–H and O–H groups in total. The van der Waals surface area contributed by atoms with Gasteiger partial charge in [-0.05, 0) is 42.7 Å². The van der Waals surface area contributed by atoms with Crippen molar-refractivity contribution in [2.45, 2.75) is 19.8 Å². The average molecular weight is 226 g/mol. The van der Waals surface area contributed by atoms with Gasteiger partial charge in [0.2, 0.25) is 0 Å². The van der Waals surface area contributed by atoms with Gasteiger partial charge in [-0.25, -0.2) is 0 Å². The molecule has 0 spiro atoms. The molecular formula is C14H14N2O. The van der Waals surface area contributed by atoms with E-state index in [9.17, 15) is 4.79 Å². The Morgan fingerprint density at radius 1 is 1.18 bits per heavy atom. The van der Waals surface area contributed by atoms with Gasteiger partial charge in [0.15, 0.2) is 5.78 Å². The van der Waals surface area contributed by atoms with Crippen LogP contribution >= 0.6 is 0 Å². The van der Waals surface area contributed by atoms with E-state index in [-0.39, 0.29) is 5.78 Å². The fourth-order valence-electron chi connectivity index (χ4n) is 1.66. The number of hydrogen-bond acceptors (Lipinski definition) is 3. The van der Waals surface area contributed by atoms with Crippen molar-refractivity contribution in [2.24, 2.45) is 0 Å². The Kier molecular flexibility index (Phi) is 3.60. The van der Waals surface area contributed by atoms with Crippen LogP contribution in [-0.4, -0.2) is 15.8 Å². The fourth-order valence-corrected chi connectivity index (χ4v) is 1.66. The first-order valence-corrected chi connectivity index (χ1v) is 5.59. The molecule has 2 rings (SSSR count). The van der Waals surface area contributed by atoms with Crippen LogP contribution in [0.3, 0.4) is 0 Å². The van der Waals surface area contributed by atoms with Gasteiger partial charge in [-0.3, -0.25) is 14.8 Å². The van der Waals surface area contributed by atoms with E-state index in [0.717, 1.165) is 17.5 Å². The SMILES string of the molecule is Cc1cncc(C(=O)CCc2ccncc2)c1. The zero-order valence-electron chi connectivity index (χ0n) is 9.76. The van der Waals surface area contributed by atoms with E-state index in [1.165, 1.54) is 0 Å². The van der Waals surface area contributed by atoms with Gasteiger partial charge in [0.1, 0.15) is 0 Å². The highest BCUT2D eigenvalue weighted by molar-refractivity contribution is 5.96. The highest BCUT2D eigenvalue weighted by atomic mass is 16.1. The summed E-state index contributed by atoms with van der Waals surface area (Å²) in [5.41, 5.74) is 2.84. The molecule has 0 unspecified atom stereocenters. The van der Waals surface area contributed by atoms with Crippen LogP contribution in [0, 0.1) is 6.92 Å². The molecule has 0 fully saturated rings. The van der Waals surface area contributed by atoms with E-state index in [1.54, 1.807) is 24.8 Å².